The van der Waals surface area contributed by atoms with Crippen molar-refractivity contribution in [2.75, 3.05) is 13.7 Å². The third-order valence-corrected chi connectivity index (χ3v) is 2.99. The minimum atomic E-state index is -1.02. The summed E-state index contributed by atoms with van der Waals surface area (Å²) in [5.41, 5.74) is 0.573. The first-order valence-electron chi connectivity index (χ1n) is 6.78. The van der Waals surface area contributed by atoms with Crippen molar-refractivity contribution in [3.05, 3.63) is 35.6 Å². The first kappa shape index (κ1) is 17.1. The molecule has 1 atom stereocenters. The van der Waals surface area contributed by atoms with Gasteiger partial charge in [0.2, 0.25) is 5.91 Å². The standard InChI is InChI=1S/C15H20FNO4/c1-21-9-3-2-4-14(18)17-13(10-15(19)20)11-5-7-12(16)8-6-11/h5-8,13H,2-4,9-10H2,1H3,(H,17,18)(H,19,20). The number of aliphatic carboxylic acids is 1. The Kier molecular flexibility index (Phi) is 7.39. The van der Waals surface area contributed by atoms with E-state index in [1.807, 2.05) is 0 Å². The van der Waals surface area contributed by atoms with E-state index < -0.39 is 17.8 Å². The van der Waals surface area contributed by atoms with Crippen molar-refractivity contribution in [3.63, 3.8) is 0 Å². The van der Waals surface area contributed by atoms with Gasteiger partial charge in [0, 0.05) is 20.1 Å². The van der Waals surface area contributed by atoms with Crippen molar-refractivity contribution >= 4 is 11.9 Å². The van der Waals surface area contributed by atoms with E-state index in [4.69, 9.17) is 9.84 Å². The van der Waals surface area contributed by atoms with Gasteiger partial charge in [0.1, 0.15) is 5.82 Å². The molecule has 1 rings (SSSR count). The van der Waals surface area contributed by atoms with Crippen LogP contribution in [0.3, 0.4) is 0 Å². The summed E-state index contributed by atoms with van der Waals surface area (Å²) in [5.74, 6) is -1.65. The molecule has 0 aromatic heterocycles. The first-order valence-corrected chi connectivity index (χ1v) is 6.78. The SMILES string of the molecule is COCCCCC(=O)NC(CC(=O)O)c1ccc(F)cc1. The fourth-order valence-corrected chi connectivity index (χ4v) is 1.92. The highest BCUT2D eigenvalue weighted by molar-refractivity contribution is 5.77. The molecule has 1 unspecified atom stereocenters. The first-order chi connectivity index (χ1) is 10.0. The van der Waals surface area contributed by atoms with Crippen molar-refractivity contribution in [1.82, 2.24) is 5.32 Å². The molecule has 0 aliphatic rings. The number of benzene rings is 1. The number of nitrogens with one attached hydrogen (secondary N) is 1. The van der Waals surface area contributed by atoms with Crippen molar-refractivity contribution in [3.8, 4) is 0 Å². The minimum Gasteiger partial charge on any atom is -0.481 e. The summed E-state index contributed by atoms with van der Waals surface area (Å²) in [6, 6.07) is 4.80. The number of carbonyl (C=O) groups excluding carboxylic acids is 1. The molecule has 1 amide bonds. The fourth-order valence-electron chi connectivity index (χ4n) is 1.92. The zero-order chi connectivity index (χ0) is 15.7. The van der Waals surface area contributed by atoms with E-state index >= 15 is 0 Å². The van der Waals surface area contributed by atoms with Crippen LogP contribution in [0.4, 0.5) is 4.39 Å². The number of carboxylic acids is 1. The molecular formula is C15H20FNO4. The lowest BCUT2D eigenvalue weighted by molar-refractivity contribution is -0.137. The Bertz CT molecular complexity index is 461. The maximum Gasteiger partial charge on any atom is 0.305 e. The van der Waals surface area contributed by atoms with Gasteiger partial charge >= 0.3 is 5.97 Å². The Morgan fingerprint density at radius 3 is 2.52 bits per heavy atom. The predicted molar refractivity (Wildman–Crippen MR) is 75.3 cm³/mol. The number of hydrogen-bond acceptors (Lipinski definition) is 3. The van der Waals surface area contributed by atoms with Gasteiger partial charge in [-0.15, -0.1) is 0 Å². The Labute approximate surface area is 123 Å². The summed E-state index contributed by atoms with van der Waals surface area (Å²) in [6.07, 6.45) is 1.50. The summed E-state index contributed by atoms with van der Waals surface area (Å²) in [6.45, 7) is 0.587. The van der Waals surface area contributed by atoms with Gasteiger partial charge in [0.05, 0.1) is 12.5 Å². The molecule has 116 valence electrons. The van der Waals surface area contributed by atoms with Crippen LogP contribution in [0.15, 0.2) is 24.3 Å². The second kappa shape index (κ2) is 9.07. The topological polar surface area (TPSA) is 75.6 Å². The summed E-state index contributed by atoms with van der Waals surface area (Å²) in [5, 5.41) is 11.6. The van der Waals surface area contributed by atoms with Crippen LogP contribution in [0.25, 0.3) is 0 Å². The van der Waals surface area contributed by atoms with E-state index in [9.17, 15) is 14.0 Å². The van der Waals surface area contributed by atoms with E-state index in [0.717, 1.165) is 6.42 Å². The summed E-state index contributed by atoms with van der Waals surface area (Å²) in [4.78, 5) is 22.7. The van der Waals surface area contributed by atoms with Crippen molar-refractivity contribution in [1.29, 1.82) is 0 Å². The third kappa shape index (κ3) is 6.85. The van der Waals surface area contributed by atoms with E-state index in [2.05, 4.69) is 5.32 Å². The Morgan fingerprint density at radius 2 is 1.95 bits per heavy atom. The molecule has 2 N–H and O–H groups in total. The van der Waals surface area contributed by atoms with Gasteiger partial charge in [0.25, 0.3) is 0 Å². The molecule has 0 aliphatic heterocycles. The molecule has 0 saturated heterocycles. The molecule has 0 spiro atoms. The molecule has 0 radical (unpaired) electrons. The normalized spacial score (nSPS) is 11.9. The monoisotopic (exact) mass is 297 g/mol. The van der Waals surface area contributed by atoms with Gasteiger partial charge < -0.3 is 15.2 Å². The number of ether oxygens (including phenoxy) is 1. The molecule has 0 fully saturated rings. The number of carboxylic acid groups (broad SMARTS) is 1. The van der Waals surface area contributed by atoms with Gasteiger partial charge in [-0.25, -0.2) is 4.39 Å². The predicted octanol–water partition coefficient (Wildman–Crippen LogP) is 2.27. The zero-order valence-corrected chi connectivity index (χ0v) is 12.0. The Morgan fingerprint density at radius 1 is 1.29 bits per heavy atom. The molecule has 5 nitrogen and oxygen atoms in total. The molecule has 6 heteroatoms. The van der Waals surface area contributed by atoms with E-state index in [-0.39, 0.29) is 12.3 Å². The zero-order valence-electron chi connectivity index (χ0n) is 12.0. The highest BCUT2D eigenvalue weighted by atomic mass is 19.1. The lowest BCUT2D eigenvalue weighted by Gasteiger charge is -2.17. The van der Waals surface area contributed by atoms with Crippen LogP contribution in [0.5, 0.6) is 0 Å². The van der Waals surface area contributed by atoms with Crippen LogP contribution in [0.1, 0.15) is 37.3 Å². The molecule has 0 heterocycles. The van der Waals surface area contributed by atoms with Crippen LogP contribution in [0.2, 0.25) is 0 Å². The molecular weight excluding hydrogens is 277 g/mol. The molecule has 21 heavy (non-hydrogen) atoms. The fraction of sp³-hybridized carbons (Fsp3) is 0.467. The Hall–Kier alpha value is -1.95. The van der Waals surface area contributed by atoms with E-state index in [1.165, 1.54) is 24.3 Å². The van der Waals surface area contributed by atoms with Crippen LogP contribution < -0.4 is 5.32 Å². The van der Waals surface area contributed by atoms with E-state index in [1.54, 1.807) is 7.11 Å². The number of rotatable bonds is 9. The van der Waals surface area contributed by atoms with Crippen molar-refractivity contribution < 1.29 is 23.8 Å². The van der Waals surface area contributed by atoms with Crippen LogP contribution in [0, 0.1) is 5.82 Å². The van der Waals surface area contributed by atoms with Crippen LogP contribution in [-0.2, 0) is 14.3 Å². The number of unbranched alkanes of at least 4 members (excludes halogenated alkanes) is 1. The summed E-state index contributed by atoms with van der Waals surface area (Å²) < 4.78 is 17.8. The van der Waals surface area contributed by atoms with Gasteiger partial charge in [-0.3, -0.25) is 9.59 Å². The van der Waals surface area contributed by atoms with Crippen molar-refractivity contribution in [2.45, 2.75) is 31.7 Å². The molecule has 0 saturated carbocycles. The second-order valence-electron chi connectivity index (χ2n) is 4.72. The van der Waals surface area contributed by atoms with Gasteiger partial charge in [-0.05, 0) is 30.5 Å². The maximum absolute atomic E-state index is 12.9. The van der Waals surface area contributed by atoms with E-state index in [0.29, 0.717) is 25.0 Å². The Balaban J connectivity index is 2.59. The van der Waals surface area contributed by atoms with Gasteiger partial charge in [-0.2, -0.15) is 0 Å². The van der Waals surface area contributed by atoms with Crippen LogP contribution >= 0.6 is 0 Å². The second-order valence-corrected chi connectivity index (χ2v) is 4.72. The average molecular weight is 297 g/mol. The number of carbonyl (C=O) groups is 2. The number of halogens is 1. The average Bonchev–Trinajstić information content (AvgIpc) is 2.43. The summed E-state index contributed by atoms with van der Waals surface area (Å²) in [7, 11) is 1.59. The summed E-state index contributed by atoms with van der Waals surface area (Å²) >= 11 is 0. The lowest BCUT2D eigenvalue weighted by Crippen LogP contribution is -2.30. The maximum atomic E-state index is 12.9. The van der Waals surface area contributed by atoms with Crippen LogP contribution in [-0.4, -0.2) is 30.7 Å². The number of methoxy groups -OCH3 is 1. The molecule has 0 aliphatic carbocycles. The highest BCUT2D eigenvalue weighted by Crippen LogP contribution is 2.18. The highest BCUT2D eigenvalue weighted by Gasteiger charge is 2.17. The molecule has 0 bridgehead atoms. The number of amides is 1. The largest absolute Gasteiger partial charge is 0.481 e. The third-order valence-electron chi connectivity index (χ3n) is 2.99. The lowest BCUT2D eigenvalue weighted by atomic mass is 10.0. The minimum absolute atomic E-state index is 0.221. The van der Waals surface area contributed by atoms with Gasteiger partial charge in [0.15, 0.2) is 0 Å². The smallest absolute Gasteiger partial charge is 0.305 e. The number of hydrogen-bond donors (Lipinski definition) is 2. The molecule has 1 aromatic rings. The van der Waals surface area contributed by atoms with Gasteiger partial charge in [-0.1, -0.05) is 12.1 Å². The quantitative estimate of drug-likeness (QED) is 0.686. The molecule has 1 aromatic carbocycles. The van der Waals surface area contributed by atoms with Crippen molar-refractivity contribution in [2.24, 2.45) is 0 Å².